The van der Waals surface area contributed by atoms with Gasteiger partial charge in [-0.05, 0) is 42.4 Å². The molecule has 118 valence electrons. The minimum atomic E-state index is 0.00746. The Morgan fingerprint density at radius 3 is 2.52 bits per heavy atom. The van der Waals surface area contributed by atoms with Crippen molar-refractivity contribution < 1.29 is 4.79 Å². The topological polar surface area (TPSA) is 42.0 Å². The van der Waals surface area contributed by atoms with E-state index < -0.39 is 0 Å². The summed E-state index contributed by atoms with van der Waals surface area (Å²) in [5, 5.41) is 3.30. The third kappa shape index (κ3) is 2.65. The van der Waals surface area contributed by atoms with E-state index in [-0.39, 0.29) is 11.9 Å². The van der Waals surface area contributed by atoms with Crippen LogP contribution in [0.25, 0.3) is 0 Å². The molecule has 4 rings (SSSR count). The maximum Gasteiger partial charge on any atom is 0.253 e. The van der Waals surface area contributed by atoms with Gasteiger partial charge in [-0.3, -0.25) is 9.78 Å². The molecule has 3 heteroatoms. The van der Waals surface area contributed by atoms with Gasteiger partial charge in [-0.1, -0.05) is 43.2 Å². The van der Waals surface area contributed by atoms with Gasteiger partial charge < -0.3 is 5.32 Å². The highest BCUT2D eigenvalue weighted by Gasteiger charge is 2.51. The number of hydrogen-bond acceptors (Lipinski definition) is 2. The molecule has 3 nitrogen and oxygen atoms in total. The number of pyridine rings is 1. The maximum absolute atomic E-state index is 12.5. The summed E-state index contributed by atoms with van der Waals surface area (Å²) >= 11 is 0. The van der Waals surface area contributed by atoms with Gasteiger partial charge in [0.1, 0.15) is 0 Å². The van der Waals surface area contributed by atoms with Crippen molar-refractivity contribution in [2.24, 2.45) is 11.8 Å². The lowest BCUT2D eigenvalue weighted by atomic mass is 9.53. The van der Waals surface area contributed by atoms with Crippen molar-refractivity contribution in [1.29, 1.82) is 0 Å². The van der Waals surface area contributed by atoms with Crippen molar-refractivity contribution in [2.45, 2.75) is 37.6 Å². The molecule has 2 aliphatic carbocycles. The van der Waals surface area contributed by atoms with Gasteiger partial charge in [-0.25, -0.2) is 0 Å². The zero-order chi connectivity index (χ0) is 15.6. The van der Waals surface area contributed by atoms with Gasteiger partial charge in [0.05, 0.1) is 5.56 Å². The van der Waals surface area contributed by atoms with Gasteiger partial charge in [-0.15, -0.1) is 0 Å². The summed E-state index contributed by atoms with van der Waals surface area (Å²) in [5.74, 6) is 1.83. The first-order valence-electron chi connectivity index (χ1n) is 8.60. The molecular weight excluding hydrogens is 284 g/mol. The number of nitrogens with zero attached hydrogens (tertiary/aromatic N) is 1. The van der Waals surface area contributed by atoms with Crippen LogP contribution in [0.3, 0.4) is 0 Å². The largest absolute Gasteiger partial charge is 0.348 e. The number of rotatable bonds is 3. The van der Waals surface area contributed by atoms with Crippen molar-refractivity contribution in [1.82, 2.24) is 10.3 Å². The maximum atomic E-state index is 12.5. The van der Waals surface area contributed by atoms with Crippen LogP contribution < -0.4 is 5.32 Å². The molecule has 2 aromatic rings. The van der Waals surface area contributed by atoms with Crippen molar-refractivity contribution in [2.75, 3.05) is 0 Å². The average Bonchev–Trinajstić information content (AvgIpc) is 2.61. The number of nitrogens with one attached hydrogen (secondary N) is 1. The SMILES string of the molecule is O=C(N[C@H]1[C@H]2CCCC[C@@H]2[C@@H]1c1ccccc1)c1cccnc1. The Morgan fingerprint density at radius 2 is 1.78 bits per heavy atom. The molecule has 0 unspecified atom stereocenters. The predicted molar refractivity (Wildman–Crippen MR) is 90.1 cm³/mol. The summed E-state index contributed by atoms with van der Waals surface area (Å²) < 4.78 is 0. The lowest BCUT2D eigenvalue weighted by Gasteiger charge is -2.55. The van der Waals surface area contributed by atoms with Gasteiger partial charge in [-0.2, -0.15) is 0 Å². The lowest BCUT2D eigenvalue weighted by Crippen LogP contribution is -2.59. The Morgan fingerprint density at radius 1 is 1.00 bits per heavy atom. The van der Waals surface area contributed by atoms with Crippen molar-refractivity contribution in [3.05, 3.63) is 66.0 Å². The molecule has 2 fully saturated rings. The quantitative estimate of drug-likeness (QED) is 0.937. The summed E-state index contributed by atoms with van der Waals surface area (Å²) in [4.78, 5) is 16.6. The van der Waals surface area contributed by atoms with Crippen LogP contribution in [-0.2, 0) is 0 Å². The molecule has 0 spiro atoms. The van der Waals surface area contributed by atoms with Crippen molar-refractivity contribution in [3.63, 3.8) is 0 Å². The Bertz CT molecular complexity index is 671. The molecule has 4 atom stereocenters. The van der Waals surface area contributed by atoms with Crippen LogP contribution in [0.1, 0.15) is 47.5 Å². The second kappa shape index (κ2) is 6.15. The molecule has 1 N–H and O–H groups in total. The van der Waals surface area contributed by atoms with Gasteiger partial charge in [0.25, 0.3) is 5.91 Å². The van der Waals surface area contributed by atoms with Gasteiger partial charge in [0, 0.05) is 24.4 Å². The van der Waals surface area contributed by atoms with Crippen molar-refractivity contribution >= 4 is 5.91 Å². The van der Waals surface area contributed by atoms with E-state index in [0.29, 0.717) is 17.4 Å². The number of carbonyl (C=O) groups excluding carboxylic acids is 1. The summed E-state index contributed by atoms with van der Waals surface area (Å²) in [6.07, 6.45) is 8.50. The second-order valence-corrected chi connectivity index (χ2v) is 6.79. The number of aromatic nitrogens is 1. The zero-order valence-corrected chi connectivity index (χ0v) is 13.2. The van der Waals surface area contributed by atoms with Gasteiger partial charge in [0.2, 0.25) is 0 Å². The fourth-order valence-electron chi connectivity index (χ4n) is 4.53. The standard InChI is InChI=1S/C20H22N2O/c23-20(15-9-6-12-21-13-15)22-19-17-11-5-4-10-16(17)18(19)14-7-2-1-3-8-14/h1-3,6-9,12-13,16-19H,4-5,10-11H2,(H,22,23)/t16-,17-,18-,19-/m0/s1. The first-order chi connectivity index (χ1) is 11.3. The van der Waals surface area contributed by atoms with Crippen LogP contribution in [0.2, 0.25) is 0 Å². The summed E-state index contributed by atoms with van der Waals surface area (Å²) in [5.41, 5.74) is 2.02. The Kier molecular flexibility index (Phi) is 3.86. The van der Waals surface area contributed by atoms with E-state index in [4.69, 9.17) is 0 Å². The predicted octanol–water partition coefficient (Wildman–Crippen LogP) is 3.78. The molecule has 0 saturated heterocycles. The Balaban J connectivity index is 1.56. The van der Waals surface area contributed by atoms with E-state index in [0.717, 1.165) is 5.92 Å². The van der Waals surface area contributed by atoms with Gasteiger partial charge in [0.15, 0.2) is 0 Å². The highest BCUT2D eigenvalue weighted by atomic mass is 16.1. The third-order valence-corrected chi connectivity index (χ3v) is 5.59. The molecule has 0 aliphatic heterocycles. The number of hydrogen-bond donors (Lipinski definition) is 1. The smallest absolute Gasteiger partial charge is 0.253 e. The Labute approximate surface area is 137 Å². The van der Waals surface area contributed by atoms with Crippen molar-refractivity contribution in [3.8, 4) is 0 Å². The molecule has 0 radical (unpaired) electrons. The molecule has 1 aromatic heterocycles. The summed E-state index contributed by atoms with van der Waals surface area (Å²) in [6, 6.07) is 14.6. The molecule has 1 heterocycles. The number of amides is 1. The summed E-state index contributed by atoms with van der Waals surface area (Å²) in [7, 11) is 0. The van der Waals surface area contributed by atoms with E-state index in [2.05, 4.69) is 40.6 Å². The Hall–Kier alpha value is -2.16. The van der Waals surface area contributed by atoms with Crippen LogP contribution in [0, 0.1) is 11.8 Å². The minimum Gasteiger partial charge on any atom is -0.348 e. The van der Waals surface area contributed by atoms with E-state index >= 15 is 0 Å². The molecular formula is C20H22N2O. The molecule has 1 amide bonds. The van der Waals surface area contributed by atoms with Crippen LogP contribution >= 0.6 is 0 Å². The van der Waals surface area contributed by atoms with Crippen LogP contribution in [0.4, 0.5) is 0 Å². The van der Waals surface area contributed by atoms with Gasteiger partial charge >= 0.3 is 0 Å². The fourth-order valence-corrected chi connectivity index (χ4v) is 4.53. The lowest BCUT2D eigenvalue weighted by molar-refractivity contribution is 0.0252. The van der Waals surface area contributed by atoms with E-state index in [1.165, 1.54) is 31.2 Å². The molecule has 2 saturated carbocycles. The first kappa shape index (κ1) is 14.4. The first-order valence-corrected chi connectivity index (χ1v) is 8.60. The van der Waals surface area contributed by atoms with E-state index in [1.54, 1.807) is 12.4 Å². The molecule has 0 bridgehead atoms. The monoisotopic (exact) mass is 306 g/mol. The number of carbonyl (C=O) groups is 1. The molecule has 1 aromatic carbocycles. The molecule has 2 aliphatic rings. The normalized spacial score (nSPS) is 29.2. The van der Waals surface area contributed by atoms with E-state index in [9.17, 15) is 4.79 Å². The zero-order valence-electron chi connectivity index (χ0n) is 13.2. The third-order valence-electron chi connectivity index (χ3n) is 5.59. The molecule has 23 heavy (non-hydrogen) atoms. The number of fused-ring (bicyclic) bond motifs is 1. The van der Waals surface area contributed by atoms with Crippen LogP contribution in [-0.4, -0.2) is 16.9 Å². The second-order valence-electron chi connectivity index (χ2n) is 6.79. The summed E-state index contributed by atoms with van der Waals surface area (Å²) in [6.45, 7) is 0. The number of benzene rings is 1. The minimum absolute atomic E-state index is 0.00746. The highest BCUT2D eigenvalue weighted by Crippen LogP contribution is 2.54. The fraction of sp³-hybridized carbons (Fsp3) is 0.400. The van der Waals surface area contributed by atoms with E-state index in [1.807, 2.05) is 12.1 Å². The van der Waals surface area contributed by atoms with Crippen LogP contribution in [0.5, 0.6) is 0 Å². The van der Waals surface area contributed by atoms with Crippen LogP contribution in [0.15, 0.2) is 54.9 Å². The highest BCUT2D eigenvalue weighted by molar-refractivity contribution is 5.94. The average molecular weight is 306 g/mol.